The van der Waals surface area contributed by atoms with E-state index in [9.17, 15) is 9.59 Å². The number of benzene rings is 1. The number of carbonyl (C=O) groups excluding carboxylic acids is 2. The summed E-state index contributed by atoms with van der Waals surface area (Å²) in [4.78, 5) is 30.3. The maximum Gasteiger partial charge on any atom is 0.494 e. The molecule has 2 N–H and O–H groups in total. The number of rotatable bonds is 8. The van der Waals surface area contributed by atoms with Crippen LogP contribution < -0.4 is 16.1 Å². The summed E-state index contributed by atoms with van der Waals surface area (Å²) in [6.07, 6.45) is -0.301. The second-order valence-electron chi connectivity index (χ2n) is 13.1. The van der Waals surface area contributed by atoms with E-state index in [4.69, 9.17) is 23.8 Å². The van der Waals surface area contributed by atoms with Crippen LogP contribution in [0.3, 0.4) is 0 Å². The number of halogens is 1. The Morgan fingerprint density at radius 3 is 2.42 bits per heavy atom. The van der Waals surface area contributed by atoms with Crippen molar-refractivity contribution in [2.24, 2.45) is 10.9 Å². The van der Waals surface area contributed by atoms with Crippen LogP contribution in [0.15, 0.2) is 23.2 Å². The molecule has 2 fully saturated rings. The molecule has 3 atom stereocenters. The highest BCUT2D eigenvalue weighted by atomic mass is 32.2. The summed E-state index contributed by atoms with van der Waals surface area (Å²) in [5.41, 5.74) is -1.37. The number of alkyl carbamates (subject to hydrolysis) is 1. The fourth-order valence-corrected chi connectivity index (χ4v) is 7.23. The number of thioether (sulfide) groups is 1. The molecule has 13 heteroatoms. The molecule has 1 aliphatic carbocycles. The molecule has 220 valence electrons. The summed E-state index contributed by atoms with van der Waals surface area (Å²) in [7, 11) is -0.389. The van der Waals surface area contributed by atoms with E-state index >= 15 is 4.39 Å². The van der Waals surface area contributed by atoms with E-state index in [2.05, 4.69) is 30.3 Å². The monoisotopic (exact) mass is 593 g/mol. The minimum Gasteiger partial charge on any atom is -0.399 e. The van der Waals surface area contributed by atoms with Gasteiger partial charge in [0, 0.05) is 33.2 Å². The predicted molar refractivity (Wildman–Crippen MR) is 158 cm³/mol. The molecule has 1 saturated carbocycles. The van der Waals surface area contributed by atoms with E-state index in [-0.39, 0.29) is 29.3 Å². The molecule has 9 nitrogen and oxygen atoms in total. The second-order valence-corrected chi connectivity index (χ2v) is 20.0. The van der Waals surface area contributed by atoms with E-state index in [0.717, 1.165) is 17.8 Å². The van der Waals surface area contributed by atoms with Gasteiger partial charge in [0.25, 0.3) is 5.23 Å². The van der Waals surface area contributed by atoms with Crippen LogP contribution in [0.4, 0.5) is 9.18 Å². The van der Waals surface area contributed by atoms with E-state index in [1.54, 1.807) is 26.1 Å². The highest BCUT2D eigenvalue weighted by molar-refractivity contribution is 8.15. The number of nitrogens with zero attached hydrogens (tertiary/aromatic N) is 1. The maximum atomic E-state index is 15.5. The molecule has 2 heterocycles. The quantitative estimate of drug-likeness (QED) is 0.267. The number of nitrogens with one attached hydrogen (secondary N) is 2. The van der Waals surface area contributed by atoms with Crippen molar-refractivity contribution in [2.45, 2.75) is 88.2 Å². The van der Waals surface area contributed by atoms with Gasteiger partial charge >= 0.3 is 13.2 Å². The topological polar surface area (TPSA) is 107 Å². The zero-order valence-corrected chi connectivity index (χ0v) is 26.7. The number of carbonyl (C=O) groups is 2. The van der Waals surface area contributed by atoms with Crippen LogP contribution >= 0.6 is 11.8 Å². The first-order valence-corrected chi connectivity index (χ1v) is 18.2. The van der Waals surface area contributed by atoms with Crippen molar-refractivity contribution in [1.29, 1.82) is 0 Å². The van der Waals surface area contributed by atoms with E-state index in [1.807, 2.05) is 27.7 Å². The van der Waals surface area contributed by atoms with Gasteiger partial charge in [-0.3, -0.25) is 10.1 Å². The lowest BCUT2D eigenvalue weighted by Crippen LogP contribution is -2.43. The number of hydrogen-bond donors (Lipinski definition) is 2. The number of amides is 2. The molecule has 0 aromatic heterocycles. The average molecular weight is 594 g/mol. The number of hydrogen-bond acceptors (Lipinski definition) is 8. The van der Waals surface area contributed by atoms with E-state index in [1.165, 1.54) is 6.07 Å². The fraction of sp³-hybridized carbons (Fsp3) is 0.667. The van der Waals surface area contributed by atoms with Crippen LogP contribution in [0.5, 0.6) is 0 Å². The van der Waals surface area contributed by atoms with Crippen molar-refractivity contribution >= 4 is 49.6 Å². The smallest absolute Gasteiger partial charge is 0.399 e. The predicted octanol–water partition coefficient (Wildman–Crippen LogP) is 3.99. The zero-order valence-electron chi connectivity index (χ0n) is 24.9. The molecule has 0 spiro atoms. The highest BCUT2D eigenvalue weighted by Crippen LogP contribution is 2.66. The Hall–Kier alpha value is -1.93. The first-order chi connectivity index (χ1) is 18.4. The Balaban J connectivity index is 1.58. The number of fused-ring (bicyclic) bond motifs is 1. The molecule has 0 bridgehead atoms. The lowest BCUT2D eigenvalue weighted by molar-refractivity contribution is -0.121. The molecular formula is C27H41BFN3O6SSi. The molecule has 4 rings (SSSR count). The minimum absolute atomic E-state index is 0.000106. The van der Waals surface area contributed by atoms with Crippen molar-refractivity contribution < 1.29 is 32.8 Å². The Bertz CT molecular complexity index is 1200. The van der Waals surface area contributed by atoms with Crippen LogP contribution in [-0.2, 0) is 29.1 Å². The van der Waals surface area contributed by atoms with Crippen molar-refractivity contribution in [2.75, 3.05) is 20.4 Å². The normalized spacial score (nSPS) is 28.4. The average Bonchev–Trinajstić information content (AvgIpc) is 3.54. The molecule has 0 radical (unpaired) electrons. The second kappa shape index (κ2) is 10.7. The highest BCUT2D eigenvalue weighted by Gasteiger charge is 2.71. The Morgan fingerprint density at radius 1 is 1.18 bits per heavy atom. The molecule has 40 heavy (non-hydrogen) atoms. The van der Waals surface area contributed by atoms with Crippen molar-refractivity contribution in [1.82, 2.24) is 10.6 Å². The van der Waals surface area contributed by atoms with Crippen LogP contribution in [0.2, 0.25) is 25.7 Å². The Labute approximate surface area is 241 Å². The van der Waals surface area contributed by atoms with Gasteiger partial charge in [-0.05, 0) is 70.4 Å². The number of aliphatic imine (C=N–C) groups is 1. The molecule has 2 aliphatic heterocycles. The lowest BCUT2D eigenvalue weighted by Gasteiger charge is -2.34. The maximum absolute atomic E-state index is 15.5. The molecule has 3 aliphatic rings. The SMILES string of the molecule is CNC(=O)[C@]12C[C@H]1[C@@](C)(c1cc(B3OC(C)(C)C(C)(C)O3)ccc1F)N=C(OC(=O)NCOCC[Si](C)(C)C)S2. The van der Waals surface area contributed by atoms with E-state index in [0.29, 0.717) is 18.5 Å². The summed E-state index contributed by atoms with van der Waals surface area (Å²) < 4.78 is 38.0. The summed E-state index contributed by atoms with van der Waals surface area (Å²) >= 11 is 1.10. The van der Waals surface area contributed by atoms with Crippen LogP contribution in [0, 0.1) is 11.7 Å². The minimum atomic E-state index is -1.25. The molecule has 0 unspecified atom stereocenters. The summed E-state index contributed by atoms with van der Waals surface area (Å²) in [5.74, 6) is -1.01. The van der Waals surface area contributed by atoms with Gasteiger partial charge < -0.3 is 24.1 Å². The van der Waals surface area contributed by atoms with Gasteiger partial charge in [0.05, 0.1) is 16.7 Å². The third-order valence-corrected chi connectivity index (χ3v) is 11.4. The molecule has 1 saturated heterocycles. The number of ether oxygens (including phenoxy) is 2. The van der Waals surface area contributed by atoms with Crippen LogP contribution in [0.25, 0.3) is 0 Å². The fourth-order valence-electron chi connectivity index (χ4n) is 4.99. The van der Waals surface area contributed by atoms with Crippen molar-refractivity contribution in [3.63, 3.8) is 0 Å². The first-order valence-electron chi connectivity index (χ1n) is 13.6. The Morgan fingerprint density at radius 2 is 1.82 bits per heavy atom. The lowest BCUT2D eigenvalue weighted by atomic mass is 9.75. The van der Waals surface area contributed by atoms with Gasteiger partial charge in [-0.15, -0.1) is 0 Å². The standard InChI is InChI=1S/C27H41BFN3O6SSi/c1-24(2)25(3,4)38-28(37-24)17-10-11-19(29)18(14-17)26(5)20-15-27(20,21(33)30-6)39-23(32-26)36-22(34)31-16-35-12-13-40(7,8)9/h10-11,14,20H,12-13,15-16H2,1-9H3,(H,30,33)(H,31,34)/t20-,26+,27-/m0/s1. The van der Waals surface area contributed by atoms with Gasteiger partial charge in [-0.25, -0.2) is 14.2 Å². The van der Waals surface area contributed by atoms with Gasteiger partial charge in [-0.1, -0.05) is 31.8 Å². The van der Waals surface area contributed by atoms with Crippen molar-refractivity contribution in [3.8, 4) is 0 Å². The van der Waals surface area contributed by atoms with Crippen molar-refractivity contribution in [3.05, 3.63) is 29.6 Å². The molecule has 2 amide bonds. The zero-order chi connectivity index (χ0) is 29.7. The largest absolute Gasteiger partial charge is 0.494 e. The van der Waals surface area contributed by atoms with Gasteiger partial charge in [-0.2, -0.15) is 0 Å². The van der Waals surface area contributed by atoms with Crippen LogP contribution in [0.1, 0.15) is 46.6 Å². The molecular weight excluding hydrogens is 552 g/mol. The summed E-state index contributed by atoms with van der Waals surface area (Å²) in [5, 5.41) is 5.28. The Kier molecular flexibility index (Phi) is 8.31. The third kappa shape index (κ3) is 5.99. The summed E-state index contributed by atoms with van der Waals surface area (Å²) in [6.45, 7) is 16.9. The molecule has 1 aromatic rings. The van der Waals surface area contributed by atoms with Gasteiger partial charge in [0.15, 0.2) is 0 Å². The van der Waals surface area contributed by atoms with Crippen LogP contribution in [-0.4, -0.2) is 68.8 Å². The molecule has 1 aromatic carbocycles. The third-order valence-electron chi connectivity index (χ3n) is 8.35. The van der Waals surface area contributed by atoms with E-state index < -0.39 is 48.6 Å². The summed E-state index contributed by atoms with van der Waals surface area (Å²) in [6, 6.07) is 5.66. The van der Waals surface area contributed by atoms with Gasteiger partial charge in [0.1, 0.15) is 17.3 Å². The van der Waals surface area contributed by atoms with Gasteiger partial charge in [0.2, 0.25) is 5.91 Å². The first kappa shape index (κ1) is 31.0.